The number of aromatic amines is 1. The number of halogens is 1. The van der Waals surface area contributed by atoms with Crippen LogP contribution in [-0.4, -0.2) is 10.9 Å². The van der Waals surface area contributed by atoms with Crippen LogP contribution >= 0.6 is 11.6 Å². The van der Waals surface area contributed by atoms with Gasteiger partial charge in [0.2, 0.25) is 5.91 Å². The molecule has 1 aromatic heterocycles. The number of amides is 1. The molecule has 1 aliphatic carbocycles. The fourth-order valence-corrected chi connectivity index (χ4v) is 3.05. The van der Waals surface area contributed by atoms with Crippen molar-refractivity contribution >= 4 is 34.1 Å². The van der Waals surface area contributed by atoms with E-state index in [1.807, 2.05) is 54.7 Å². The van der Waals surface area contributed by atoms with E-state index in [2.05, 4.69) is 10.3 Å². The van der Waals surface area contributed by atoms with Gasteiger partial charge in [0.15, 0.2) is 0 Å². The summed E-state index contributed by atoms with van der Waals surface area (Å²) in [5, 5.41) is 4.84. The molecule has 0 aliphatic heterocycles. The van der Waals surface area contributed by atoms with E-state index >= 15 is 0 Å². The Labute approximate surface area is 133 Å². The van der Waals surface area contributed by atoms with Gasteiger partial charge in [0, 0.05) is 27.8 Å². The molecule has 2 aromatic carbocycles. The highest BCUT2D eigenvalue weighted by molar-refractivity contribution is 6.30. The predicted octanol–water partition coefficient (Wildman–Crippen LogP) is 4.49. The lowest BCUT2D eigenvalue weighted by Gasteiger charge is -2.16. The van der Waals surface area contributed by atoms with Gasteiger partial charge in [0.05, 0.1) is 5.41 Å². The summed E-state index contributed by atoms with van der Waals surface area (Å²) in [6.07, 6.45) is 3.66. The first-order valence-electron chi connectivity index (χ1n) is 7.32. The van der Waals surface area contributed by atoms with E-state index in [1.54, 1.807) is 0 Å². The number of aromatic nitrogens is 1. The highest BCUT2D eigenvalue weighted by Gasteiger charge is 2.51. The molecular weight excluding hydrogens is 296 g/mol. The van der Waals surface area contributed by atoms with Gasteiger partial charge >= 0.3 is 0 Å². The van der Waals surface area contributed by atoms with Crippen molar-refractivity contribution in [3.05, 3.63) is 65.3 Å². The van der Waals surface area contributed by atoms with Gasteiger partial charge in [-0.15, -0.1) is 0 Å². The fourth-order valence-electron chi connectivity index (χ4n) is 2.92. The monoisotopic (exact) mass is 310 g/mol. The summed E-state index contributed by atoms with van der Waals surface area (Å²) in [7, 11) is 0. The van der Waals surface area contributed by atoms with Crippen molar-refractivity contribution in [2.75, 3.05) is 5.32 Å². The third-order valence-corrected chi connectivity index (χ3v) is 4.64. The lowest BCUT2D eigenvalue weighted by molar-refractivity contribution is -0.118. The van der Waals surface area contributed by atoms with Crippen molar-refractivity contribution in [3.8, 4) is 0 Å². The molecule has 1 aliphatic rings. The predicted molar refractivity (Wildman–Crippen MR) is 89.3 cm³/mol. The molecule has 110 valence electrons. The summed E-state index contributed by atoms with van der Waals surface area (Å²) >= 11 is 5.93. The summed E-state index contributed by atoms with van der Waals surface area (Å²) in [5.74, 6) is 0.0599. The smallest absolute Gasteiger partial charge is 0.235 e. The van der Waals surface area contributed by atoms with Gasteiger partial charge in [0.1, 0.15) is 0 Å². The minimum Gasteiger partial charge on any atom is -0.361 e. The van der Waals surface area contributed by atoms with Crippen molar-refractivity contribution in [3.63, 3.8) is 0 Å². The Kier molecular flexibility index (Phi) is 2.98. The molecule has 3 nitrogen and oxygen atoms in total. The standard InChI is InChI=1S/C18H15ClN2O/c19-14-3-1-13(2-4-14)18(8-9-18)17(22)21-15-5-6-16-12(11-15)7-10-20-16/h1-7,10-11,20H,8-9H2,(H,21,22). The van der Waals surface area contributed by atoms with Crippen LogP contribution in [0.25, 0.3) is 10.9 Å². The van der Waals surface area contributed by atoms with Crippen LogP contribution in [0.1, 0.15) is 18.4 Å². The van der Waals surface area contributed by atoms with Gasteiger partial charge in [-0.3, -0.25) is 4.79 Å². The SMILES string of the molecule is O=C(Nc1ccc2[nH]ccc2c1)C1(c2ccc(Cl)cc2)CC1. The Morgan fingerprint density at radius 3 is 2.59 bits per heavy atom. The second-order valence-electron chi connectivity index (χ2n) is 5.82. The number of carbonyl (C=O) groups excluding carboxylic acids is 1. The van der Waals surface area contributed by atoms with E-state index in [1.165, 1.54) is 0 Å². The Balaban J connectivity index is 1.59. The minimum absolute atomic E-state index is 0.0599. The molecule has 2 N–H and O–H groups in total. The minimum atomic E-state index is -0.391. The maximum absolute atomic E-state index is 12.7. The van der Waals surface area contributed by atoms with Gasteiger partial charge in [-0.05, 0) is 54.8 Å². The molecular formula is C18H15ClN2O. The molecule has 0 unspecified atom stereocenters. The van der Waals surface area contributed by atoms with Crippen LogP contribution in [0.4, 0.5) is 5.69 Å². The van der Waals surface area contributed by atoms with Gasteiger partial charge in [-0.25, -0.2) is 0 Å². The first-order chi connectivity index (χ1) is 10.7. The van der Waals surface area contributed by atoms with Crippen LogP contribution in [-0.2, 0) is 10.2 Å². The highest BCUT2D eigenvalue weighted by atomic mass is 35.5. The topological polar surface area (TPSA) is 44.9 Å². The average molecular weight is 311 g/mol. The Hall–Kier alpha value is -2.26. The molecule has 4 heteroatoms. The van der Waals surface area contributed by atoms with Crippen LogP contribution in [0.15, 0.2) is 54.7 Å². The van der Waals surface area contributed by atoms with E-state index in [0.717, 1.165) is 35.0 Å². The number of H-pyrrole nitrogens is 1. The molecule has 0 atom stereocenters. The highest BCUT2D eigenvalue weighted by Crippen LogP contribution is 2.49. The van der Waals surface area contributed by atoms with Crippen LogP contribution in [0.2, 0.25) is 5.02 Å². The number of hydrogen-bond donors (Lipinski definition) is 2. The van der Waals surface area contributed by atoms with Crippen molar-refractivity contribution in [1.82, 2.24) is 4.98 Å². The third-order valence-electron chi connectivity index (χ3n) is 4.39. The summed E-state index contributed by atoms with van der Waals surface area (Å²) in [4.78, 5) is 15.9. The van der Waals surface area contributed by atoms with Crippen LogP contribution < -0.4 is 5.32 Å². The zero-order valence-electron chi connectivity index (χ0n) is 11.9. The summed E-state index contributed by atoms with van der Waals surface area (Å²) in [6.45, 7) is 0. The quantitative estimate of drug-likeness (QED) is 0.735. The molecule has 1 fully saturated rings. The zero-order valence-corrected chi connectivity index (χ0v) is 12.7. The lowest BCUT2D eigenvalue weighted by Crippen LogP contribution is -2.27. The zero-order chi connectivity index (χ0) is 15.2. The maximum Gasteiger partial charge on any atom is 0.235 e. The Morgan fingerprint density at radius 1 is 1.09 bits per heavy atom. The molecule has 0 radical (unpaired) electrons. The number of rotatable bonds is 3. The molecule has 0 bridgehead atoms. The maximum atomic E-state index is 12.7. The Morgan fingerprint density at radius 2 is 1.86 bits per heavy atom. The van der Waals surface area contributed by atoms with Crippen molar-refractivity contribution in [2.45, 2.75) is 18.3 Å². The van der Waals surface area contributed by atoms with E-state index in [0.29, 0.717) is 5.02 Å². The summed E-state index contributed by atoms with van der Waals surface area (Å²) in [5.41, 5.74) is 2.55. The summed E-state index contributed by atoms with van der Waals surface area (Å²) < 4.78 is 0. The summed E-state index contributed by atoms with van der Waals surface area (Å²) in [6, 6.07) is 15.5. The largest absolute Gasteiger partial charge is 0.361 e. The molecule has 0 saturated heterocycles. The van der Waals surface area contributed by atoms with Crippen molar-refractivity contribution in [2.24, 2.45) is 0 Å². The van der Waals surface area contributed by atoms with Crippen LogP contribution in [0, 0.1) is 0 Å². The van der Waals surface area contributed by atoms with Gasteiger partial charge in [-0.2, -0.15) is 0 Å². The molecule has 1 amide bonds. The van der Waals surface area contributed by atoms with Crippen LogP contribution in [0.5, 0.6) is 0 Å². The van der Waals surface area contributed by atoms with E-state index in [9.17, 15) is 4.79 Å². The number of hydrogen-bond acceptors (Lipinski definition) is 1. The first kappa shape index (κ1) is 13.4. The number of anilines is 1. The lowest BCUT2D eigenvalue weighted by atomic mass is 9.95. The number of nitrogens with one attached hydrogen (secondary N) is 2. The van der Waals surface area contributed by atoms with Gasteiger partial charge in [-0.1, -0.05) is 23.7 Å². The third kappa shape index (κ3) is 2.18. The molecule has 4 rings (SSSR count). The van der Waals surface area contributed by atoms with E-state index in [-0.39, 0.29) is 5.91 Å². The average Bonchev–Trinajstić information content (AvgIpc) is 3.20. The molecule has 22 heavy (non-hydrogen) atoms. The second kappa shape index (κ2) is 4.89. The molecule has 1 heterocycles. The fraction of sp³-hybridized carbons (Fsp3) is 0.167. The van der Waals surface area contributed by atoms with Crippen molar-refractivity contribution < 1.29 is 4.79 Å². The molecule has 0 spiro atoms. The Bertz CT molecular complexity index is 847. The van der Waals surface area contributed by atoms with Crippen molar-refractivity contribution in [1.29, 1.82) is 0 Å². The van der Waals surface area contributed by atoms with E-state index < -0.39 is 5.41 Å². The molecule has 3 aromatic rings. The van der Waals surface area contributed by atoms with E-state index in [4.69, 9.17) is 11.6 Å². The molecule has 1 saturated carbocycles. The van der Waals surface area contributed by atoms with Gasteiger partial charge < -0.3 is 10.3 Å². The number of carbonyl (C=O) groups is 1. The van der Waals surface area contributed by atoms with Gasteiger partial charge in [0.25, 0.3) is 0 Å². The van der Waals surface area contributed by atoms with Crippen LogP contribution in [0.3, 0.4) is 0 Å². The normalized spacial score (nSPS) is 15.7. The number of benzene rings is 2. The first-order valence-corrected chi connectivity index (χ1v) is 7.70. The second-order valence-corrected chi connectivity index (χ2v) is 6.26. The number of fused-ring (bicyclic) bond motifs is 1.